The lowest BCUT2D eigenvalue weighted by molar-refractivity contribution is 0.0746. The number of para-hydroxylation sites is 1. The topological polar surface area (TPSA) is 61.8 Å². The first kappa shape index (κ1) is 22.2. The van der Waals surface area contributed by atoms with Crippen molar-refractivity contribution in [2.45, 2.75) is 19.8 Å². The summed E-state index contributed by atoms with van der Waals surface area (Å²) in [5.74, 6) is 4.18. The molecule has 1 amide bonds. The Morgan fingerprint density at radius 1 is 0.735 bits per heavy atom. The van der Waals surface area contributed by atoms with E-state index in [-0.39, 0.29) is 5.91 Å². The second kappa shape index (κ2) is 10.1. The standard InChI is InChI=1S/C27H31N5O2/c1-21-13-15-30(16-14-21)25-11-12-26(29-28-25)31-17-19-32(20-18-31)27(33)22-7-9-24(10-8-22)34-23-5-3-2-4-6-23/h2-12,21H,13-20H2,1H3. The molecular weight excluding hydrogens is 426 g/mol. The van der Waals surface area contributed by atoms with Crippen LogP contribution in [0.2, 0.25) is 0 Å². The van der Waals surface area contributed by atoms with Crippen LogP contribution < -0.4 is 14.5 Å². The van der Waals surface area contributed by atoms with Crippen molar-refractivity contribution in [1.29, 1.82) is 0 Å². The molecule has 1 aromatic heterocycles. The van der Waals surface area contributed by atoms with Crippen molar-refractivity contribution in [1.82, 2.24) is 15.1 Å². The van der Waals surface area contributed by atoms with Crippen molar-refractivity contribution < 1.29 is 9.53 Å². The predicted molar refractivity (Wildman–Crippen MR) is 134 cm³/mol. The molecule has 2 saturated heterocycles. The second-order valence-electron chi connectivity index (χ2n) is 9.14. The van der Waals surface area contributed by atoms with Gasteiger partial charge >= 0.3 is 0 Å². The third-order valence-electron chi connectivity index (χ3n) is 6.72. The minimum absolute atomic E-state index is 0.0478. The maximum absolute atomic E-state index is 13.0. The van der Waals surface area contributed by atoms with Gasteiger partial charge in [0, 0.05) is 44.8 Å². The fourth-order valence-corrected chi connectivity index (χ4v) is 4.50. The molecule has 7 heteroatoms. The van der Waals surface area contributed by atoms with Gasteiger partial charge in [0.2, 0.25) is 0 Å². The number of ether oxygens (including phenoxy) is 1. The van der Waals surface area contributed by atoms with E-state index in [1.807, 2.05) is 59.5 Å². The zero-order valence-corrected chi connectivity index (χ0v) is 19.6. The number of nitrogens with zero attached hydrogens (tertiary/aromatic N) is 5. The Morgan fingerprint density at radius 3 is 1.88 bits per heavy atom. The summed E-state index contributed by atoms with van der Waals surface area (Å²) < 4.78 is 5.83. The maximum atomic E-state index is 13.0. The predicted octanol–water partition coefficient (Wildman–Crippen LogP) is 4.47. The zero-order valence-electron chi connectivity index (χ0n) is 19.6. The van der Waals surface area contributed by atoms with Gasteiger partial charge in [0.15, 0.2) is 11.6 Å². The van der Waals surface area contributed by atoms with Crippen molar-refractivity contribution >= 4 is 17.5 Å². The van der Waals surface area contributed by atoms with Gasteiger partial charge in [0.1, 0.15) is 11.5 Å². The largest absolute Gasteiger partial charge is 0.457 e. The minimum Gasteiger partial charge on any atom is -0.457 e. The molecule has 3 aromatic rings. The van der Waals surface area contributed by atoms with Crippen LogP contribution in [-0.2, 0) is 0 Å². The molecule has 2 aliphatic heterocycles. The molecule has 7 nitrogen and oxygen atoms in total. The Morgan fingerprint density at radius 2 is 1.29 bits per heavy atom. The van der Waals surface area contributed by atoms with Gasteiger partial charge in [-0.3, -0.25) is 4.79 Å². The molecule has 2 fully saturated rings. The lowest BCUT2D eigenvalue weighted by Gasteiger charge is -2.35. The summed E-state index contributed by atoms with van der Waals surface area (Å²) in [7, 11) is 0. The third-order valence-corrected chi connectivity index (χ3v) is 6.72. The van der Waals surface area contributed by atoms with Gasteiger partial charge < -0.3 is 19.4 Å². The number of rotatable bonds is 5. The molecule has 0 atom stereocenters. The molecule has 5 rings (SSSR count). The van der Waals surface area contributed by atoms with Gasteiger partial charge in [-0.25, -0.2) is 0 Å². The highest BCUT2D eigenvalue weighted by Gasteiger charge is 2.24. The van der Waals surface area contributed by atoms with Crippen molar-refractivity contribution in [3.05, 3.63) is 72.3 Å². The zero-order chi connectivity index (χ0) is 23.3. The van der Waals surface area contributed by atoms with Crippen LogP contribution in [0.15, 0.2) is 66.7 Å². The van der Waals surface area contributed by atoms with E-state index >= 15 is 0 Å². The smallest absolute Gasteiger partial charge is 0.253 e. The Bertz CT molecular complexity index is 1070. The highest BCUT2D eigenvalue weighted by atomic mass is 16.5. The highest BCUT2D eigenvalue weighted by Crippen LogP contribution is 2.24. The average Bonchev–Trinajstić information content (AvgIpc) is 2.90. The minimum atomic E-state index is 0.0478. The monoisotopic (exact) mass is 457 g/mol. The molecule has 0 spiro atoms. The molecule has 0 saturated carbocycles. The summed E-state index contributed by atoms with van der Waals surface area (Å²) >= 11 is 0. The van der Waals surface area contributed by atoms with Crippen LogP contribution >= 0.6 is 0 Å². The average molecular weight is 458 g/mol. The van der Waals surface area contributed by atoms with E-state index in [9.17, 15) is 4.79 Å². The van der Waals surface area contributed by atoms with Crippen LogP contribution in [0.25, 0.3) is 0 Å². The van der Waals surface area contributed by atoms with Gasteiger partial charge in [0.25, 0.3) is 5.91 Å². The molecule has 2 aliphatic rings. The van der Waals surface area contributed by atoms with E-state index in [1.165, 1.54) is 12.8 Å². The van der Waals surface area contributed by atoms with Crippen LogP contribution in [0, 0.1) is 5.92 Å². The summed E-state index contributed by atoms with van der Waals surface area (Å²) in [5.41, 5.74) is 0.675. The van der Waals surface area contributed by atoms with Crippen LogP contribution in [0.1, 0.15) is 30.1 Å². The van der Waals surface area contributed by atoms with Gasteiger partial charge in [-0.05, 0) is 67.3 Å². The van der Waals surface area contributed by atoms with E-state index in [4.69, 9.17) is 4.74 Å². The van der Waals surface area contributed by atoms with Gasteiger partial charge in [-0.1, -0.05) is 25.1 Å². The number of hydrogen-bond acceptors (Lipinski definition) is 6. The van der Waals surface area contributed by atoms with Crippen molar-refractivity contribution in [3.8, 4) is 11.5 Å². The number of hydrogen-bond donors (Lipinski definition) is 0. The molecule has 0 radical (unpaired) electrons. The number of benzene rings is 2. The summed E-state index contributed by atoms with van der Waals surface area (Å²) in [6, 6.07) is 21.1. The Labute approximate surface area is 201 Å². The van der Waals surface area contributed by atoms with Crippen molar-refractivity contribution in [2.24, 2.45) is 5.92 Å². The SMILES string of the molecule is CC1CCN(c2ccc(N3CCN(C(=O)c4ccc(Oc5ccccc5)cc4)CC3)nn2)CC1. The lowest BCUT2D eigenvalue weighted by Crippen LogP contribution is -2.49. The number of piperidine rings is 1. The van der Waals surface area contributed by atoms with E-state index in [0.29, 0.717) is 24.4 Å². The molecule has 176 valence electrons. The first-order chi connectivity index (χ1) is 16.7. The number of carbonyl (C=O) groups is 1. The third kappa shape index (κ3) is 5.14. The summed E-state index contributed by atoms with van der Waals surface area (Å²) in [6.45, 7) is 7.23. The van der Waals surface area contributed by atoms with Crippen LogP contribution in [-0.4, -0.2) is 60.3 Å². The second-order valence-corrected chi connectivity index (χ2v) is 9.14. The summed E-state index contributed by atoms with van der Waals surface area (Å²) in [4.78, 5) is 19.4. The van der Waals surface area contributed by atoms with E-state index < -0.39 is 0 Å². The Kier molecular flexibility index (Phi) is 6.60. The van der Waals surface area contributed by atoms with Gasteiger partial charge in [-0.2, -0.15) is 0 Å². The van der Waals surface area contributed by atoms with E-state index in [0.717, 1.165) is 49.5 Å². The quantitative estimate of drug-likeness (QED) is 0.564. The summed E-state index contributed by atoms with van der Waals surface area (Å²) in [6.07, 6.45) is 2.42. The Balaban J connectivity index is 1.14. The van der Waals surface area contributed by atoms with Crippen LogP contribution in [0.4, 0.5) is 11.6 Å². The number of aromatic nitrogens is 2. The normalized spacial score (nSPS) is 17.0. The number of carbonyl (C=O) groups excluding carboxylic acids is 1. The lowest BCUT2D eigenvalue weighted by atomic mass is 9.99. The maximum Gasteiger partial charge on any atom is 0.253 e. The first-order valence-electron chi connectivity index (χ1n) is 12.1. The fourth-order valence-electron chi connectivity index (χ4n) is 4.50. The Hall–Kier alpha value is -3.61. The molecule has 0 unspecified atom stereocenters. The van der Waals surface area contributed by atoms with E-state index in [1.54, 1.807) is 0 Å². The molecule has 34 heavy (non-hydrogen) atoms. The van der Waals surface area contributed by atoms with E-state index in [2.05, 4.69) is 39.1 Å². The van der Waals surface area contributed by atoms with Crippen molar-refractivity contribution in [3.63, 3.8) is 0 Å². The van der Waals surface area contributed by atoms with Gasteiger partial charge in [0.05, 0.1) is 0 Å². The fraction of sp³-hybridized carbons (Fsp3) is 0.370. The highest BCUT2D eigenvalue weighted by molar-refractivity contribution is 5.94. The molecular formula is C27H31N5O2. The molecule has 0 aliphatic carbocycles. The molecule has 2 aromatic carbocycles. The molecule has 0 bridgehead atoms. The number of amides is 1. The first-order valence-corrected chi connectivity index (χ1v) is 12.1. The van der Waals surface area contributed by atoms with Crippen LogP contribution in [0.3, 0.4) is 0 Å². The number of piperazine rings is 1. The van der Waals surface area contributed by atoms with Crippen LogP contribution in [0.5, 0.6) is 11.5 Å². The van der Waals surface area contributed by atoms with Crippen molar-refractivity contribution in [2.75, 3.05) is 49.1 Å². The number of anilines is 2. The molecule has 0 N–H and O–H groups in total. The summed E-state index contributed by atoms with van der Waals surface area (Å²) in [5, 5.41) is 8.97. The molecule has 3 heterocycles. The van der Waals surface area contributed by atoms with Gasteiger partial charge in [-0.15, -0.1) is 10.2 Å².